The van der Waals surface area contributed by atoms with Gasteiger partial charge in [0.25, 0.3) is 0 Å². The minimum Gasteiger partial charge on any atom is -0.450 e. The highest BCUT2D eigenvalue weighted by molar-refractivity contribution is 6.25. The molecule has 2 rings (SSSR count). The van der Waals surface area contributed by atoms with Gasteiger partial charge in [-0.3, -0.25) is 0 Å². The second-order valence-electron chi connectivity index (χ2n) is 5.36. The van der Waals surface area contributed by atoms with E-state index in [1.165, 1.54) is 38.5 Å². The van der Waals surface area contributed by atoms with Crippen molar-refractivity contribution in [3.05, 3.63) is 0 Å². The van der Waals surface area contributed by atoms with Crippen molar-refractivity contribution >= 4 is 26.6 Å². The SMILES string of the molecule is O=C(O)O.[SiH3]C1(C2([SiH3])CCCCO2)CCCCO1. The minimum absolute atomic E-state index is 0.165. The zero-order valence-electron chi connectivity index (χ0n) is 11.3. The van der Waals surface area contributed by atoms with Gasteiger partial charge in [0.05, 0.1) is 10.4 Å². The van der Waals surface area contributed by atoms with Crippen molar-refractivity contribution in [2.75, 3.05) is 13.2 Å². The Hall–Kier alpha value is -0.376. The predicted octanol–water partition coefficient (Wildman–Crippen LogP) is -0.267. The van der Waals surface area contributed by atoms with E-state index in [2.05, 4.69) is 0 Å². The Bertz CT molecular complexity index is 247. The van der Waals surface area contributed by atoms with Gasteiger partial charge in [0.15, 0.2) is 0 Å². The fraction of sp³-hybridized carbons (Fsp3) is 0.909. The van der Waals surface area contributed by atoms with E-state index >= 15 is 0 Å². The maximum atomic E-state index is 8.56. The van der Waals surface area contributed by atoms with Crippen LogP contribution in [0.4, 0.5) is 4.79 Å². The third-order valence-corrected chi connectivity index (χ3v) is 8.75. The number of ether oxygens (including phenoxy) is 2. The molecule has 2 unspecified atom stereocenters. The van der Waals surface area contributed by atoms with Crippen LogP contribution < -0.4 is 0 Å². The highest BCUT2D eigenvalue weighted by Gasteiger charge is 2.47. The summed E-state index contributed by atoms with van der Waals surface area (Å²) in [4.78, 5) is 8.56. The van der Waals surface area contributed by atoms with Gasteiger partial charge in [-0.15, -0.1) is 0 Å². The molecule has 0 bridgehead atoms. The van der Waals surface area contributed by atoms with E-state index in [0.717, 1.165) is 33.7 Å². The summed E-state index contributed by atoms with van der Waals surface area (Å²) in [6.45, 7) is 1.94. The molecule has 2 saturated heterocycles. The monoisotopic (exact) mass is 292 g/mol. The zero-order chi connectivity index (χ0) is 13.6. The molecule has 0 radical (unpaired) electrons. The summed E-state index contributed by atoms with van der Waals surface area (Å²) in [6, 6.07) is 0. The Morgan fingerprint density at radius 3 is 1.44 bits per heavy atom. The molecule has 0 aromatic rings. The van der Waals surface area contributed by atoms with Crippen molar-refractivity contribution in [1.29, 1.82) is 0 Å². The van der Waals surface area contributed by atoms with Crippen LogP contribution in [0.15, 0.2) is 0 Å². The lowest BCUT2D eigenvalue weighted by Crippen LogP contribution is -2.61. The Labute approximate surface area is 114 Å². The van der Waals surface area contributed by atoms with Gasteiger partial charge in [-0.2, -0.15) is 0 Å². The van der Waals surface area contributed by atoms with Crippen molar-refractivity contribution in [2.24, 2.45) is 0 Å². The molecule has 2 N–H and O–H groups in total. The molecule has 5 nitrogen and oxygen atoms in total. The second kappa shape index (κ2) is 6.69. The maximum absolute atomic E-state index is 8.56. The molecule has 0 aromatic carbocycles. The summed E-state index contributed by atoms with van der Waals surface area (Å²) in [5, 5.41) is 14.3. The Morgan fingerprint density at radius 1 is 0.889 bits per heavy atom. The van der Waals surface area contributed by atoms with Gasteiger partial charge in [-0.1, -0.05) is 0 Å². The fourth-order valence-corrected chi connectivity index (χ4v) is 4.61. The molecule has 0 amide bonds. The molecule has 2 aliphatic rings. The van der Waals surface area contributed by atoms with Crippen LogP contribution in [-0.2, 0) is 9.47 Å². The number of hydrogen-bond donors (Lipinski definition) is 2. The van der Waals surface area contributed by atoms with Gasteiger partial charge in [-0.05, 0) is 38.5 Å². The molecule has 2 aliphatic heterocycles. The van der Waals surface area contributed by atoms with E-state index in [1.54, 1.807) is 0 Å². The number of carbonyl (C=O) groups is 1. The van der Waals surface area contributed by atoms with Crippen molar-refractivity contribution in [3.8, 4) is 0 Å². The zero-order valence-corrected chi connectivity index (χ0v) is 15.3. The average molecular weight is 292 g/mol. The molecule has 2 heterocycles. The summed E-state index contributed by atoms with van der Waals surface area (Å²) in [7, 11) is 2.27. The molecule has 0 saturated carbocycles. The first kappa shape index (κ1) is 15.7. The van der Waals surface area contributed by atoms with Gasteiger partial charge >= 0.3 is 6.16 Å². The normalized spacial score (nSPS) is 36.7. The van der Waals surface area contributed by atoms with Crippen LogP contribution >= 0.6 is 0 Å². The lowest BCUT2D eigenvalue weighted by Gasteiger charge is -2.50. The Morgan fingerprint density at radius 2 is 1.22 bits per heavy atom. The highest BCUT2D eigenvalue weighted by atomic mass is 28.2. The molecule has 106 valence electrons. The quantitative estimate of drug-likeness (QED) is 0.651. The molecule has 0 aromatic heterocycles. The highest BCUT2D eigenvalue weighted by Crippen LogP contribution is 2.38. The molecule has 2 atom stereocenters. The van der Waals surface area contributed by atoms with Crippen molar-refractivity contribution in [3.63, 3.8) is 0 Å². The lowest BCUT2D eigenvalue weighted by molar-refractivity contribution is -0.157. The Kier molecular flexibility index (Phi) is 5.83. The van der Waals surface area contributed by atoms with Crippen LogP contribution in [0.3, 0.4) is 0 Å². The van der Waals surface area contributed by atoms with E-state index < -0.39 is 6.16 Å². The first-order valence-corrected chi connectivity index (χ1v) is 8.59. The molecular weight excluding hydrogens is 268 g/mol. The number of rotatable bonds is 1. The molecule has 2 fully saturated rings. The number of carboxylic acid groups (broad SMARTS) is 2. The smallest absolute Gasteiger partial charge is 0.450 e. The van der Waals surface area contributed by atoms with Gasteiger partial charge in [0, 0.05) is 33.7 Å². The van der Waals surface area contributed by atoms with Crippen molar-refractivity contribution in [1.82, 2.24) is 0 Å². The predicted molar refractivity (Wildman–Crippen MR) is 75.6 cm³/mol. The van der Waals surface area contributed by atoms with E-state index in [4.69, 9.17) is 24.5 Å². The summed E-state index contributed by atoms with van der Waals surface area (Å²) >= 11 is 0. The molecule has 18 heavy (non-hydrogen) atoms. The topological polar surface area (TPSA) is 76.0 Å². The fourth-order valence-electron chi connectivity index (χ4n) is 2.70. The van der Waals surface area contributed by atoms with Gasteiger partial charge < -0.3 is 19.7 Å². The Balaban J connectivity index is 0.000000357. The number of hydrogen-bond acceptors (Lipinski definition) is 3. The van der Waals surface area contributed by atoms with E-state index in [-0.39, 0.29) is 10.4 Å². The van der Waals surface area contributed by atoms with Crippen LogP contribution in [0.25, 0.3) is 0 Å². The average Bonchev–Trinajstić information content (AvgIpc) is 2.30. The molecule has 0 aliphatic carbocycles. The van der Waals surface area contributed by atoms with Crippen LogP contribution in [0.5, 0.6) is 0 Å². The summed E-state index contributed by atoms with van der Waals surface area (Å²) in [5.74, 6) is 0. The van der Waals surface area contributed by atoms with E-state index in [0.29, 0.717) is 0 Å². The van der Waals surface area contributed by atoms with Gasteiger partial charge in [0.1, 0.15) is 0 Å². The first-order valence-electron chi connectivity index (χ1n) is 6.59. The lowest BCUT2D eigenvalue weighted by atomic mass is 9.96. The van der Waals surface area contributed by atoms with Crippen LogP contribution in [0.1, 0.15) is 38.5 Å². The maximum Gasteiger partial charge on any atom is 0.503 e. The van der Waals surface area contributed by atoms with Crippen LogP contribution in [0, 0.1) is 0 Å². The van der Waals surface area contributed by atoms with Gasteiger partial charge in [0.2, 0.25) is 0 Å². The van der Waals surface area contributed by atoms with E-state index in [9.17, 15) is 0 Å². The second-order valence-corrected chi connectivity index (χ2v) is 8.59. The summed E-state index contributed by atoms with van der Waals surface area (Å²) < 4.78 is 12.2. The first-order chi connectivity index (χ1) is 8.40. The standard InChI is InChI=1S/C10H22O2Si2.CH2O3/c13-9(5-1-3-7-11-9)10(14)6-2-4-8-12-10;2-1(3)4/h1-8H2,13-14H3;(H2,2,3,4). The third kappa shape index (κ3) is 4.08. The molecule has 7 heteroatoms. The molecular formula is C11H24O5Si2. The van der Waals surface area contributed by atoms with Crippen LogP contribution in [0.2, 0.25) is 0 Å². The molecule has 0 spiro atoms. The third-order valence-electron chi connectivity index (χ3n) is 4.06. The summed E-state index contributed by atoms with van der Waals surface area (Å²) in [5.41, 5.74) is 0. The van der Waals surface area contributed by atoms with Crippen LogP contribution in [-0.4, -0.2) is 60.5 Å². The summed E-state index contributed by atoms with van der Waals surface area (Å²) in [6.07, 6.45) is 5.86. The van der Waals surface area contributed by atoms with Crippen molar-refractivity contribution in [2.45, 2.75) is 49.0 Å². The van der Waals surface area contributed by atoms with Gasteiger partial charge in [-0.25, -0.2) is 4.79 Å². The largest absolute Gasteiger partial charge is 0.503 e. The minimum atomic E-state index is -1.83. The van der Waals surface area contributed by atoms with E-state index in [1.807, 2.05) is 0 Å². The van der Waals surface area contributed by atoms with Crippen molar-refractivity contribution < 1.29 is 24.5 Å².